The minimum atomic E-state index is -0.457. The average molecular weight is 818 g/mol. The fourth-order valence-electron chi connectivity index (χ4n) is 9.35. The molecule has 0 radical (unpaired) electrons. The number of hydrogen-bond acceptors (Lipinski definition) is 7. The summed E-state index contributed by atoms with van der Waals surface area (Å²) in [5.41, 5.74) is 4.62. The van der Waals surface area contributed by atoms with Gasteiger partial charge in [0.2, 0.25) is 5.91 Å². The second-order valence-corrected chi connectivity index (χ2v) is 17.5. The summed E-state index contributed by atoms with van der Waals surface area (Å²) in [5, 5.41) is 16.0. The Labute approximate surface area is 350 Å². The van der Waals surface area contributed by atoms with Crippen molar-refractivity contribution in [2.75, 3.05) is 37.6 Å². The highest BCUT2D eigenvalue weighted by molar-refractivity contribution is 6.31. The molecule has 3 saturated heterocycles. The third kappa shape index (κ3) is 8.82. The minimum absolute atomic E-state index is 0.0215. The molecule has 3 aliphatic heterocycles. The van der Waals surface area contributed by atoms with Crippen molar-refractivity contribution in [1.29, 1.82) is 5.26 Å². The summed E-state index contributed by atoms with van der Waals surface area (Å²) in [4.78, 5) is 58.1. The van der Waals surface area contributed by atoms with E-state index in [0.29, 0.717) is 46.2 Å². The number of aromatic nitrogens is 1. The highest BCUT2D eigenvalue weighted by atomic mass is 35.5. The number of carbonyl (C=O) groups excluding carboxylic acids is 4. The van der Waals surface area contributed by atoms with Crippen molar-refractivity contribution >= 4 is 51.9 Å². The number of ether oxygens (including phenoxy) is 1. The largest absolute Gasteiger partial charge is 0.490 e. The number of benzene rings is 3. The first-order valence-electron chi connectivity index (χ1n) is 21.0. The van der Waals surface area contributed by atoms with Gasteiger partial charge in [0.25, 0.3) is 11.8 Å². The molecule has 308 valence electrons. The molecule has 0 atom stereocenters. The number of piperidine rings is 2. The molecule has 8 rings (SSSR count). The zero-order chi connectivity index (χ0) is 41.3. The summed E-state index contributed by atoms with van der Waals surface area (Å²) in [6.07, 6.45) is 9.68. The monoisotopic (exact) mass is 817 g/mol. The lowest BCUT2D eigenvalue weighted by molar-refractivity contribution is -0.120. The lowest BCUT2D eigenvalue weighted by Gasteiger charge is -2.47. The van der Waals surface area contributed by atoms with Crippen LogP contribution in [-0.2, 0) is 11.3 Å². The SMILES string of the molecule is CC(C)n1ccc2c(N3CCC(=O)NC3=O)cc(C(=O)N3CCC4(CCN(Cc5ccc(C(=O)NC6CCC(Oc7ccc(C#N)c(Cl)c7)CC6)cc5)CC4)CC3)cc21. The maximum atomic E-state index is 14.1. The number of nitrogens with zero attached hydrogens (tertiary/aromatic N) is 5. The van der Waals surface area contributed by atoms with E-state index >= 15 is 0 Å². The molecule has 59 heavy (non-hydrogen) atoms. The van der Waals surface area contributed by atoms with Gasteiger partial charge in [0.15, 0.2) is 0 Å². The third-order valence-electron chi connectivity index (χ3n) is 13.0. The predicted molar refractivity (Wildman–Crippen MR) is 227 cm³/mol. The van der Waals surface area contributed by atoms with Crippen LogP contribution >= 0.6 is 11.6 Å². The zero-order valence-electron chi connectivity index (χ0n) is 33.8. The average Bonchev–Trinajstić information content (AvgIpc) is 3.68. The van der Waals surface area contributed by atoms with Gasteiger partial charge in [-0.15, -0.1) is 0 Å². The Morgan fingerprint density at radius 2 is 1.63 bits per heavy atom. The summed E-state index contributed by atoms with van der Waals surface area (Å²) in [6.45, 7) is 8.68. The molecule has 4 aromatic rings. The normalized spacial score (nSPS) is 21.1. The van der Waals surface area contributed by atoms with Crippen LogP contribution in [-0.4, -0.2) is 83.0 Å². The molecule has 4 fully saturated rings. The lowest BCUT2D eigenvalue weighted by atomic mass is 9.71. The van der Waals surface area contributed by atoms with Gasteiger partial charge in [-0.25, -0.2) is 4.79 Å². The van der Waals surface area contributed by atoms with Gasteiger partial charge in [-0.3, -0.25) is 29.5 Å². The molecule has 1 aliphatic carbocycles. The molecular formula is C46H52ClN7O5. The fraction of sp³-hybridized carbons (Fsp3) is 0.457. The first kappa shape index (κ1) is 40.4. The first-order chi connectivity index (χ1) is 28.5. The number of nitriles is 1. The number of halogens is 1. The highest BCUT2D eigenvalue weighted by Crippen LogP contribution is 2.42. The van der Waals surface area contributed by atoms with E-state index in [0.717, 1.165) is 81.9 Å². The van der Waals surface area contributed by atoms with E-state index in [1.54, 1.807) is 23.1 Å². The number of imide groups is 1. The van der Waals surface area contributed by atoms with Crippen LogP contribution in [0.3, 0.4) is 0 Å². The molecule has 3 aromatic carbocycles. The lowest BCUT2D eigenvalue weighted by Crippen LogP contribution is -2.49. The molecule has 0 bridgehead atoms. The van der Waals surface area contributed by atoms with E-state index in [-0.39, 0.29) is 54.3 Å². The molecule has 13 heteroatoms. The van der Waals surface area contributed by atoms with Crippen LogP contribution in [0.4, 0.5) is 10.5 Å². The Morgan fingerprint density at radius 1 is 0.915 bits per heavy atom. The number of anilines is 1. The quantitative estimate of drug-likeness (QED) is 0.176. The van der Waals surface area contributed by atoms with E-state index in [4.69, 9.17) is 21.6 Å². The van der Waals surface area contributed by atoms with E-state index < -0.39 is 6.03 Å². The van der Waals surface area contributed by atoms with Crippen LogP contribution in [0.1, 0.15) is 110 Å². The zero-order valence-corrected chi connectivity index (χ0v) is 34.6. The van der Waals surface area contributed by atoms with Crippen molar-refractivity contribution in [3.8, 4) is 11.8 Å². The number of amides is 5. The van der Waals surface area contributed by atoms with Gasteiger partial charge < -0.3 is 19.5 Å². The van der Waals surface area contributed by atoms with Gasteiger partial charge in [0, 0.05) is 73.5 Å². The number of carbonyl (C=O) groups is 4. The molecule has 1 saturated carbocycles. The maximum absolute atomic E-state index is 14.1. The van der Waals surface area contributed by atoms with E-state index in [1.165, 1.54) is 5.56 Å². The van der Waals surface area contributed by atoms with Crippen molar-refractivity contribution in [3.63, 3.8) is 0 Å². The smallest absolute Gasteiger partial charge is 0.328 e. The summed E-state index contributed by atoms with van der Waals surface area (Å²) in [5.74, 6) is 0.298. The van der Waals surface area contributed by atoms with Crippen molar-refractivity contribution in [2.24, 2.45) is 5.41 Å². The number of urea groups is 1. The molecule has 4 aliphatic rings. The molecule has 1 aromatic heterocycles. The summed E-state index contributed by atoms with van der Waals surface area (Å²) in [7, 11) is 0. The number of nitrogens with one attached hydrogen (secondary N) is 2. The standard InChI is InChI=1S/C46H52ClN7O5/c1-30(2)53-19-13-38-40(53)25-34(26-41(38)54-20-14-42(55)50-45(54)58)44(57)52-23-17-46(18-24-52)15-21-51(22-16-46)29-31-3-5-32(6-4-31)43(56)49-35-8-11-36(12-9-35)59-37-10-7-33(28-48)39(47)27-37/h3-7,10,13,19,25-27,30,35-36H,8-9,11-12,14-18,20-24,29H2,1-2H3,(H,49,56)(H,50,55,58). The van der Waals surface area contributed by atoms with E-state index in [2.05, 4.69) is 52.2 Å². The van der Waals surface area contributed by atoms with E-state index in [9.17, 15) is 19.2 Å². The number of rotatable bonds is 9. The van der Waals surface area contributed by atoms with Crippen molar-refractivity contribution in [1.82, 2.24) is 25.0 Å². The molecule has 0 unspecified atom stereocenters. The maximum Gasteiger partial charge on any atom is 0.328 e. The second-order valence-electron chi connectivity index (χ2n) is 17.1. The molecular weight excluding hydrogens is 766 g/mol. The molecule has 2 N–H and O–H groups in total. The number of hydrogen-bond donors (Lipinski definition) is 2. The summed E-state index contributed by atoms with van der Waals surface area (Å²) in [6, 6.07) is 20.8. The van der Waals surface area contributed by atoms with Crippen LogP contribution < -0.4 is 20.3 Å². The molecule has 4 heterocycles. The van der Waals surface area contributed by atoms with Crippen LogP contribution in [0.5, 0.6) is 5.75 Å². The number of fused-ring (bicyclic) bond motifs is 1. The van der Waals surface area contributed by atoms with Gasteiger partial charge in [-0.1, -0.05) is 23.7 Å². The highest BCUT2D eigenvalue weighted by Gasteiger charge is 2.39. The third-order valence-corrected chi connectivity index (χ3v) is 13.3. The van der Waals surface area contributed by atoms with Crippen molar-refractivity contribution < 1.29 is 23.9 Å². The Kier molecular flexibility index (Phi) is 11.7. The van der Waals surface area contributed by atoms with Gasteiger partial charge in [-0.2, -0.15) is 5.26 Å². The Hall–Kier alpha value is -5.38. The fourth-order valence-corrected chi connectivity index (χ4v) is 9.56. The second kappa shape index (κ2) is 17.1. The van der Waals surface area contributed by atoms with Gasteiger partial charge in [0.05, 0.1) is 27.9 Å². The van der Waals surface area contributed by atoms with Crippen LogP contribution in [0.15, 0.2) is 66.9 Å². The van der Waals surface area contributed by atoms with Gasteiger partial charge in [0.1, 0.15) is 11.8 Å². The summed E-state index contributed by atoms with van der Waals surface area (Å²) < 4.78 is 8.23. The summed E-state index contributed by atoms with van der Waals surface area (Å²) >= 11 is 6.16. The Bertz CT molecular complexity index is 2270. The molecule has 1 spiro atoms. The Morgan fingerprint density at radius 3 is 2.29 bits per heavy atom. The van der Waals surface area contributed by atoms with Gasteiger partial charge >= 0.3 is 6.03 Å². The van der Waals surface area contributed by atoms with Gasteiger partial charge in [-0.05, 0) is 132 Å². The number of likely N-dealkylation sites (tertiary alicyclic amines) is 2. The first-order valence-corrected chi connectivity index (χ1v) is 21.4. The van der Waals surface area contributed by atoms with E-state index in [1.807, 2.05) is 41.4 Å². The van der Waals surface area contributed by atoms with Crippen LogP contribution in [0, 0.1) is 16.7 Å². The Balaban J connectivity index is 0.804. The predicted octanol–water partition coefficient (Wildman–Crippen LogP) is 7.83. The topological polar surface area (TPSA) is 140 Å². The van der Waals surface area contributed by atoms with Crippen LogP contribution in [0.2, 0.25) is 5.02 Å². The van der Waals surface area contributed by atoms with Crippen LogP contribution in [0.25, 0.3) is 10.9 Å². The van der Waals surface area contributed by atoms with Crippen molar-refractivity contribution in [2.45, 2.75) is 96.4 Å². The van der Waals surface area contributed by atoms with Crippen molar-refractivity contribution in [3.05, 3.63) is 94.1 Å². The molecule has 12 nitrogen and oxygen atoms in total. The minimum Gasteiger partial charge on any atom is -0.490 e. The molecule has 5 amide bonds.